The number of nitrogens with zero attached hydrogens (tertiary/aromatic N) is 1. The lowest BCUT2D eigenvalue weighted by Crippen LogP contribution is -2.33. The maximum atomic E-state index is 2.57. The molecule has 1 aliphatic rings. The van der Waals surface area contributed by atoms with Crippen molar-refractivity contribution in [2.45, 2.75) is 46.0 Å². The quantitative estimate of drug-likeness (QED) is 0.657. The van der Waals surface area contributed by atoms with Gasteiger partial charge in [-0.2, -0.15) is 0 Å². The molecule has 0 bridgehead atoms. The molecule has 1 fully saturated rings. The van der Waals surface area contributed by atoms with Gasteiger partial charge in [-0.15, -0.1) is 0 Å². The topological polar surface area (TPSA) is 3.24 Å². The number of rotatable bonds is 4. The molecule has 2 heteroatoms. The first-order valence-corrected chi connectivity index (χ1v) is 5.59. The van der Waals surface area contributed by atoms with Gasteiger partial charge in [-0.1, -0.05) is 33.1 Å². The third-order valence-corrected chi connectivity index (χ3v) is 3.12. The highest BCUT2D eigenvalue weighted by atomic mass is 19.0. The highest BCUT2D eigenvalue weighted by Gasteiger charge is 2.16. The predicted molar refractivity (Wildman–Crippen MR) is 56.9 cm³/mol. The first kappa shape index (κ1) is 12.9. The van der Waals surface area contributed by atoms with E-state index in [1.54, 1.807) is 0 Å². The van der Waals surface area contributed by atoms with Gasteiger partial charge in [-0.05, 0) is 38.4 Å². The van der Waals surface area contributed by atoms with E-state index in [0.29, 0.717) is 0 Å². The minimum absolute atomic E-state index is 0. The molecule has 1 saturated heterocycles. The Kier molecular flexibility index (Phi) is 7.25. The van der Waals surface area contributed by atoms with E-state index in [1.807, 2.05) is 0 Å². The minimum atomic E-state index is 0. The summed E-state index contributed by atoms with van der Waals surface area (Å²) in [5.74, 6) is 1.05. The summed E-state index contributed by atoms with van der Waals surface area (Å²) in [5.41, 5.74) is 0. The van der Waals surface area contributed by atoms with Gasteiger partial charge in [0.15, 0.2) is 0 Å². The fourth-order valence-corrected chi connectivity index (χ4v) is 2.08. The monoisotopic (exact) mass is 189 g/mol. The van der Waals surface area contributed by atoms with Gasteiger partial charge in [0.05, 0.1) is 0 Å². The van der Waals surface area contributed by atoms with Crippen LogP contribution in [-0.2, 0) is 0 Å². The highest BCUT2D eigenvalue weighted by Crippen LogP contribution is 2.21. The number of piperidine rings is 1. The summed E-state index contributed by atoms with van der Waals surface area (Å²) < 4.78 is 0. The van der Waals surface area contributed by atoms with Crippen molar-refractivity contribution in [3.8, 4) is 0 Å². The number of unbranched alkanes of at least 4 members (excludes halogenated alkanes) is 1. The van der Waals surface area contributed by atoms with Crippen LogP contribution in [0.25, 0.3) is 0 Å². The summed E-state index contributed by atoms with van der Waals surface area (Å²) in [6.45, 7) is 8.52. The van der Waals surface area contributed by atoms with E-state index >= 15 is 0 Å². The zero-order valence-electron chi connectivity index (χ0n) is 9.09. The third-order valence-electron chi connectivity index (χ3n) is 3.12. The first-order chi connectivity index (χ1) is 5.86. The fourth-order valence-electron chi connectivity index (χ4n) is 2.08. The van der Waals surface area contributed by atoms with Crippen LogP contribution in [0, 0.1) is 5.92 Å². The molecule has 1 nitrogen and oxygen atoms in total. The molecule has 0 saturated carbocycles. The normalized spacial score (nSPS) is 19.8. The van der Waals surface area contributed by atoms with Crippen LogP contribution < -0.4 is 0 Å². The Morgan fingerprint density at radius 1 is 1.15 bits per heavy atom. The lowest BCUT2D eigenvalue weighted by atomic mass is 9.92. The smallest absolute Gasteiger partial charge is 0.00162 e. The number of halogens is 1. The van der Waals surface area contributed by atoms with E-state index in [9.17, 15) is 0 Å². The maximum Gasteiger partial charge on any atom is -0.00162 e. The average Bonchev–Trinajstić information content (AvgIpc) is 2.15. The summed E-state index contributed by atoms with van der Waals surface area (Å²) in [6, 6.07) is 0. The molecule has 1 aliphatic heterocycles. The summed E-state index contributed by atoms with van der Waals surface area (Å²) in [4.78, 5) is 2.57. The van der Waals surface area contributed by atoms with Crippen molar-refractivity contribution in [1.82, 2.24) is 4.90 Å². The van der Waals surface area contributed by atoms with E-state index < -0.39 is 0 Å². The molecule has 0 N–H and O–H groups in total. The van der Waals surface area contributed by atoms with Gasteiger partial charge in [0, 0.05) is 0 Å². The standard InChI is InChI=1S/C11H23N.FH/c1-3-5-6-11-7-9-12(4-2)10-8-11;/h11H,3-10H2,1-2H3;1H. The Hall–Kier alpha value is -0.110. The van der Waals surface area contributed by atoms with Crippen molar-refractivity contribution in [2.24, 2.45) is 5.92 Å². The molecule has 0 unspecified atom stereocenters. The molecule has 0 atom stereocenters. The molecule has 0 spiro atoms. The Morgan fingerprint density at radius 3 is 2.23 bits per heavy atom. The molecular weight excluding hydrogens is 165 g/mol. The van der Waals surface area contributed by atoms with Crippen LogP contribution in [-0.4, -0.2) is 24.5 Å². The zero-order valence-corrected chi connectivity index (χ0v) is 9.09. The lowest BCUT2D eigenvalue weighted by molar-refractivity contribution is 0.185. The molecule has 0 aliphatic carbocycles. The van der Waals surface area contributed by atoms with Crippen LogP contribution in [0.4, 0.5) is 4.70 Å². The Morgan fingerprint density at radius 2 is 1.77 bits per heavy atom. The van der Waals surface area contributed by atoms with Crippen LogP contribution in [0.3, 0.4) is 0 Å². The third kappa shape index (κ3) is 4.61. The molecule has 1 heterocycles. The van der Waals surface area contributed by atoms with Crippen molar-refractivity contribution < 1.29 is 4.70 Å². The van der Waals surface area contributed by atoms with Crippen LogP contribution in [0.2, 0.25) is 0 Å². The Bertz CT molecular complexity index is 109. The minimum Gasteiger partial charge on any atom is -0.304 e. The first-order valence-electron chi connectivity index (χ1n) is 5.59. The summed E-state index contributed by atoms with van der Waals surface area (Å²) in [5, 5.41) is 0. The van der Waals surface area contributed by atoms with Crippen LogP contribution >= 0.6 is 0 Å². The molecule has 0 amide bonds. The van der Waals surface area contributed by atoms with Gasteiger partial charge in [0.25, 0.3) is 0 Å². The Balaban J connectivity index is 0.00000144. The highest BCUT2D eigenvalue weighted by molar-refractivity contribution is 4.70. The van der Waals surface area contributed by atoms with Crippen LogP contribution in [0.1, 0.15) is 46.0 Å². The van der Waals surface area contributed by atoms with Crippen molar-refractivity contribution in [3.63, 3.8) is 0 Å². The molecule has 80 valence electrons. The van der Waals surface area contributed by atoms with E-state index in [4.69, 9.17) is 0 Å². The van der Waals surface area contributed by atoms with Gasteiger partial charge in [0.2, 0.25) is 0 Å². The van der Waals surface area contributed by atoms with Crippen molar-refractivity contribution >= 4 is 0 Å². The van der Waals surface area contributed by atoms with E-state index in [2.05, 4.69) is 18.7 Å². The fraction of sp³-hybridized carbons (Fsp3) is 1.00. The van der Waals surface area contributed by atoms with Gasteiger partial charge in [0.1, 0.15) is 0 Å². The van der Waals surface area contributed by atoms with Crippen LogP contribution in [0.5, 0.6) is 0 Å². The zero-order chi connectivity index (χ0) is 8.81. The molecule has 1 rings (SSSR count). The van der Waals surface area contributed by atoms with Gasteiger partial charge >= 0.3 is 0 Å². The number of likely N-dealkylation sites (tertiary alicyclic amines) is 1. The molecule has 0 radical (unpaired) electrons. The molecule has 0 aromatic heterocycles. The van der Waals surface area contributed by atoms with E-state index in [0.717, 1.165) is 5.92 Å². The second-order valence-corrected chi connectivity index (χ2v) is 4.02. The largest absolute Gasteiger partial charge is 0.304 e. The second kappa shape index (κ2) is 7.31. The summed E-state index contributed by atoms with van der Waals surface area (Å²) in [6.07, 6.45) is 7.19. The summed E-state index contributed by atoms with van der Waals surface area (Å²) >= 11 is 0. The SMILES string of the molecule is CCCCC1CCN(CC)CC1.F. The number of hydrogen-bond acceptors (Lipinski definition) is 1. The van der Waals surface area contributed by atoms with Gasteiger partial charge in [-0.25, -0.2) is 0 Å². The number of hydrogen-bond donors (Lipinski definition) is 0. The lowest BCUT2D eigenvalue weighted by Gasteiger charge is -2.30. The molecular formula is C11H24FN. The molecule has 0 aromatic carbocycles. The summed E-state index contributed by atoms with van der Waals surface area (Å²) in [7, 11) is 0. The molecule has 0 aromatic rings. The second-order valence-electron chi connectivity index (χ2n) is 4.02. The molecule has 13 heavy (non-hydrogen) atoms. The maximum absolute atomic E-state index is 2.57. The van der Waals surface area contributed by atoms with Crippen molar-refractivity contribution in [1.29, 1.82) is 0 Å². The van der Waals surface area contributed by atoms with Crippen LogP contribution in [0.15, 0.2) is 0 Å². The Labute approximate surface area is 81.9 Å². The average molecular weight is 189 g/mol. The predicted octanol–water partition coefficient (Wildman–Crippen LogP) is 3.06. The van der Waals surface area contributed by atoms with Gasteiger partial charge in [-0.3, -0.25) is 4.70 Å². The van der Waals surface area contributed by atoms with E-state index in [1.165, 1.54) is 51.7 Å². The van der Waals surface area contributed by atoms with E-state index in [-0.39, 0.29) is 4.70 Å². The van der Waals surface area contributed by atoms with Crippen molar-refractivity contribution in [3.05, 3.63) is 0 Å². The van der Waals surface area contributed by atoms with Gasteiger partial charge < -0.3 is 4.90 Å². The van der Waals surface area contributed by atoms with Crippen molar-refractivity contribution in [2.75, 3.05) is 19.6 Å².